The Bertz CT molecular complexity index is 1210. The van der Waals surface area contributed by atoms with Crippen LogP contribution >= 0.6 is 0 Å². The minimum Gasteiger partial charge on any atom is -0.493 e. The fraction of sp³-hybridized carbons (Fsp3) is 0.208. The third-order valence-corrected chi connectivity index (χ3v) is 6.79. The maximum absolute atomic E-state index is 12.9. The third-order valence-electron chi connectivity index (χ3n) is 4.99. The number of aryl methyl sites for hydroxylation is 1. The van der Waals surface area contributed by atoms with Crippen LogP contribution in [0.5, 0.6) is 23.0 Å². The maximum Gasteiger partial charge on any atom is 0.343 e. The molecule has 0 saturated carbocycles. The quantitative estimate of drug-likeness (QED) is 0.361. The number of ether oxygens (including phenoxy) is 4. The molecule has 0 aromatic heterocycles. The summed E-state index contributed by atoms with van der Waals surface area (Å²) in [4.78, 5) is 12.8. The third kappa shape index (κ3) is 5.04. The van der Waals surface area contributed by atoms with E-state index in [4.69, 9.17) is 18.9 Å². The smallest absolute Gasteiger partial charge is 0.343 e. The van der Waals surface area contributed by atoms with Crippen LogP contribution in [0.15, 0.2) is 65.6 Å². The number of carbonyl (C=O) groups excluding carboxylic acids is 1. The zero-order valence-corrected chi connectivity index (χ0v) is 19.8. The van der Waals surface area contributed by atoms with Crippen molar-refractivity contribution in [1.82, 2.24) is 0 Å². The lowest BCUT2D eigenvalue weighted by atomic mass is 10.2. The molecule has 0 heterocycles. The SMILES string of the molecule is COc1cc(C(=O)Oc2ccc(N(C)S(=O)(=O)c3ccc(C)cc3)cc2)cc(OC)c1OC. The second-order valence-electron chi connectivity index (χ2n) is 7.08. The summed E-state index contributed by atoms with van der Waals surface area (Å²) in [6.45, 7) is 1.89. The molecule has 0 radical (unpaired) electrons. The van der Waals surface area contributed by atoms with Gasteiger partial charge in [0.05, 0.1) is 37.5 Å². The Balaban J connectivity index is 1.79. The molecule has 0 unspecified atom stereocenters. The molecule has 3 aromatic carbocycles. The normalized spacial score (nSPS) is 10.9. The van der Waals surface area contributed by atoms with Crippen molar-refractivity contribution >= 4 is 21.7 Å². The van der Waals surface area contributed by atoms with E-state index in [1.807, 2.05) is 6.92 Å². The molecule has 3 rings (SSSR count). The number of hydrogen-bond donors (Lipinski definition) is 0. The monoisotopic (exact) mass is 471 g/mol. The summed E-state index contributed by atoms with van der Waals surface area (Å²) in [5.41, 5.74) is 1.59. The summed E-state index contributed by atoms with van der Waals surface area (Å²) in [6, 6.07) is 15.7. The lowest BCUT2D eigenvalue weighted by molar-refractivity contribution is 0.0734. The highest BCUT2D eigenvalue weighted by atomic mass is 32.2. The second-order valence-corrected chi connectivity index (χ2v) is 9.05. The molecular formula is C24H25NO7S. The molecule has 0 aliphatic heterocycles. The molecule has 3 aromatic rings. The maximum atomic E-state index is 12.9. The van der Waals surface area contributed by atoms with Gasteiger partial charge in [0.2, 0.25) is 5.75 Å². The van der Waals surface area contributed by atoms with E-state index in [2.05, 4.69) is 0 Å². The van der Waals surface area contributed by atoms with Crippen LogP contribution in [-0.2, 0) is 10.0 Å². The van der Waals surface area contributed by atoms with Crippen molar-refractivity contribution < 1.29 is 32.2 Å². The molecule has 0 saturated heterocycles. The second kappa shape index (κ2) is 9.83. The molecule has 0 aliphatic carbocycles. The van der Waals surface area contributed by atoms with Gasteiger partial charge in [-0.2, -0.15) is 0 Å². The zero-order valence-electron chi connectivity index (χ0n) is 19.0. The van der Waals surface area contributed by atoms with Gasteiger partial charge in [0.1, 0.15) is 5.75 Å². The Kier molecular flexibility index (Phi) is 7.13. The number of esters is 1. The van der Waals surface area contributed by atoms with E-state index < -0.39 is 16.0 Å². The van der Waals surface area contributed by atoms with Crippen LogP contribution in [0, 0.1) is 6.92 Å². The first-order chi connectivity index (χ1) is 15.7. The fourth-order valence-corrected chi connectivity index (χ4v) is 4.29. The van der Waals surface area contributed by atoms with Gasteiger partial charge in [0.25, 0.3) is 10.0 Å². The van der Waals surface area contributed by atoms with Crippen LogP contribution < -0.4 is 23.3 Å². The molecule has 0 bridgehead atoms. The van der Waals surface area contributed by atoms with Gasteiger partial charge in [-0.1, -0.05) is 17.7 Å². The summed E-state index contributed by atoms with van der Waals surface area (Å²) in [7, 11) is 2.11. The molecular weight excluding hydrogens is 446 g/mol. The number of methoxy groups -OCH3 is 3. The first-order valence-corrected chi connectivity index (χ1v) is 11.3. The summed E-state index contributed by atoms with van der Waals surface area (Å²) >= 11 is 0. The van der Waals surface area contributed by atoms with E-state index in [1.54, 1.807) is 36.4 Å². The fourth-order valence-electron chi connectivity index (χ4n) is 3.10. The van der Waals surface area contributed by atoms with Crippen molar-refractivity contribution in [3.05, 3.63) is 71.8 Å². The lowest BCUT2D eigenvalue weighted by Crippen LogP contribution is -2.26. The van der Waals surface area contributed by atoms with Crippen LogP contribution in [0.3, 0.4) is 0 Å². The lowest BCUT2D eigenvalue weighted by Gasteiger charge is -2.20. The van der Waals surface area contributed by atoms with Gasteiger partial charge >= 0.3 is 5.97 Å². The van der Waals surface area contributed by atoms with Gasteiger partial charge in [-0.05, 0) is 55.5 Å². The Morgan fingerprint density at radius 2 is 1.36 bits per heavy atom. The largest absolute Gasteiger partial charge is 0.493 e. The average Bonchev–Trinajstić information content (AvgIpc) is 2.83. The van der Waals surface area contributed by atoms with Crippen molar-refractivity contribution in [2.24, 2.45) is 0 Å². The van der Waals surface area contributed by atoms with E-state index in [1.165, 1.54) is 56.9 Å². The van der Waals surface area contributed by atoms with Crippen LogP contribution in [-0.4, -0.2) is 42.8 Å². The predicted octanol–water partition coefficient (Wildman–Crippen LogP) is 4.07. The Morgan fingerprint density at radius 1 is 0.818 bits per heavy atom. The van der Waals surface area contributed by atoms with Gasteiger partial charge in [-0.15, -0.1) is 0 Å². The van der Waals surface area contributed by atoms with Crippen molar-refractivity contribution in [1.29, 1.82) is 0 Å². The molecule has 0 spiro atoms. The molecule has 174 valence electrons. The van der Waals surface area contributed by atoms with E-state index >= 15 is 0 Å². The highest BCUT2D eigenvalue weighted by Gasteiger charge is 2.22. The molecule has 9 heteroatoms. The number of carbonyl (C=O) groups is 1. The first kappa shape index (κ1) is 23.9. The Morgan fingerprint density at radius 3 is 1.85 bits per heavy atom. The molecule has 0 N–H and O–H groups in total. The van der Waals surface area contributed by atoms with Gasteiger partial charge in [0, 0.05) is 7.05 Å². The van der Waals surface area contributed by atoms with Crippen molar-refractivity contribution in [3.8, 4) is 23.0 Å². The topological polar surface area (TPSA) is 91.4 Å². The molecule has 8 nitrogen and oxygen atoms in total. The Labute approximate surface area is 193 Å². The van der Waals surface area contributed by atoms with E-state index in [0.717, 1.165) is 5.56 Å². The molecule has 0 aliphatic rings. The summed E-state index contributed by atoms with van der Waals surface area (Å²) in [6.07, 6.45) is 0. The number of sulfonamides is 1. The van der Waals surface area contributed by atoms with Crippen molar-refractivity contribution in [2.75, 3.05) is 32.7 Å². The average molecular weight is 472 g/mol. The molecule has 0 atom stereocenters. The summed E-state index contributed by atoms with van der Waals surface area (Å²) in [5.74, 6) is 0.615. The minimum absolute atomic E-state index is 0.188. The van der Waals surface area contributed by atoms with E-state index in [-0.39, 0.29) is 16.2 Å². The molecule has 0 amide bonds. The zero-order chi connectivity index (χ0) is 24.2. The highest BCUT2D eigenvalue weighted by Crippen LogP contribution is 2.38. The summed E-state index contributed by atoms with van der Waals surface area (Å²) < 4.78 is 48.1. The van der Waals surface area contributed by atoms with Gasteiger partial charge in [0.15, 0.2) is 11.5 Å². The Hall–Kier alpha value is -3.72. The number of nitrogens with zero attached hydrogens (tertiary/aromatic N) is 1. The number of rotatable bonds is 8. The van der Waals surface area contributed by atoms with Gasteiger partial charge in [-0.25, -0.2) is 13.2 Å². The predicted molar refractivity (Wildman–Crippen MR) is 124 cm³/mol. The van der Waals surface area contributed by atoms with Crippen LogP contribution in [0.25, 0.3) is 0 Å². The van der Waals surface area contributed by atoms with Crippen LogP contribution in [0.2, 0.25) is 0 Å². The van der Waals surface area contributed by atoms with Crippen molar-refractivity contribution in [2.45, 2.75) is 11.8 Å². The minimum atomic E-state index is -3.72. The first-order valence-electron chi connectivity index (χ1n) is 9.89. The number of hydrogen-bond acceptors (Lipinski definition) is 7. The standard InChI is InChI=1S/C24H25NO7S/c1-16-6-12-20(13-7-16)33(27,28)25(2)18-8-10-19(11-9-18)32-24(26)17-14-21(29-3)23(31-5)22(15-17)30-4/h6-15H,1-5H3. The number of benzene rings is 3. The van der Waals surface area contributed by atoms with Gasteiger partial charge < -0.3 is 18.9 Å². The van der Waals surface area contributed by atoms with E-state index in [9.17, 15) is 13.2 Å². The highest BCUT2D eigenvalue weighted by molar-refractivity contribution is 7.92. The summed E-state index contributed by atoms with van der Waals surface area (Å²) in [5, 5.41) is 0. The molecule has 33 heavy (non-hydrogen) atoms. The van der Waals surface area contributed by atoms with E-state index in [0.29, 0.717) is 22.9 Å². The van der Waals surface area contributed by atoms with Crippen LogP contribution in [0.4, 0.5) is 5.69 Å². The van der Waals surface area contributed by atoms with Crippen LogP contribution in [0.1, 0.15) is 15.9 Å². The number of anilines is 1. The molecule has 0 fully saturated rings. The van der Waals surface area contributed by atoms with Crippen molar-refractivity contribution in [3.63, 3.8) is 0 Å². The van der Waals surface area contributed by atoms with Gasteiger partial charge in [-0.3, -0.25) is 4.31 Å².